The summed E-state index contributed by atoms with van der Waals surface area (Å²) in [6, 6.07) is 1.77. The van der Waals surface area contributed by atoms with Crippen LogP contribution >= 0.6 is 0 Å². The van der Waals surface area contributed by atoms with Crippen molar-refractivity contribution < 1.29 is 0 Å². The number of piperidine rings is 1. The van der Waals surface area contributed by atoms with Crippen LogP contribution in [0.3, 0.4) is 0 Å². The van der Waals surface area contributed by atoms with Crippen LogP contribution in [-0.2, 0) is 0 Å². The van der Waals surface area contributed by atoms with Crippen molar-refractivity contribution in [2.24, 2.45) is 5.92 Å². The lowest BCUT2D eigenvalue weighted by Gasteiger charge is -2.38. The second-order valence-corrected chi connectivity index (χ2v) is 4.56. The van der Waals surface area contributed by atoms with E-state index in [1.54, 1.807) is 0 Å². The van der Waals surface area contributed by atoms with Crippen molar-refractivity contribution in [1.29, 1.82) is 0 Å². The highest BCUT2D eigenvalue weighted by atomic mass is 15.2. The summed E-state index contributed by atoms with van der Waals surface area (Å²) in [5, 5.41) is 3.69. The molecule has 12 heavy (non-hydrogen) atoms. The summed E-state index contributed by atoms with van der Waals surface area (Å²) in [5.41, 5.74) is 0. The maximum Gasteiger partial charge on any atom is 0.0252 e. The summed E-state index contributed by atoms with van der Waals surface area (Å²) in [4.78, 5) is 2.71. The van der Waals surface area contributed by atoms with E-state index in [4.69, 9.17) is 0 Å². The van der Waals surface area contributed by atoms with Crippen LogP contribution in [0.1, 0.15) is 25.7 Å². The average molecular weight is 166 g/mol. The standard InChI is InChI=1S/C10H18N2/c1-2-9-10-8(3-5-11-10)4-7-12(9)6-1/h8-11H,1-7H2. The van der Waals surface area contributed by atoms with Crippen LogP contribution in [0, 0.1) is 5.92 Å². The van der Waals surface area contributed by atoms with E-state index in [-0.39, 0.29) is 0 Å². The SMILES string of the molecule is C1CC2C3NCCC3CCN2C1. The number of hydrogen-bond acceptors (Lipinski definition) is 2. The van der Waals surface area contributed by atoms with Crippen molar-refractivity contribution in [2.75, 3.05) is 19.6 Å². The van der Waals surface area contributed by atoms with Gasteiger partial charge in [0.05, 0.1) is 0 Å². The fraction of sp³-hybridized carbons (Fsp3) is 1.00. The molecule has 3 saturated heterocycles. The van der Waals surface area contributed by atoms with E-state index in [1.165, 1.54) is 45.3 Å². The molecule has 3 rings (SSSR count). The minimum absolute atomic E-state index is 0.862. The molecule has 0 aliphatic carbocycles. The molecular weight excluding hydrogens is 148 g/mol. The number of fused-ring (bicyclic) bond motifs is 3. The Hall–Kier alpha value is -0.0800. The molecule has 3 aliphatic heterocycles. The first-order valence-corrected chi connectivity index (χ1v) is 5.42. The van der Waals surface area contributed by atoms with Crippen molar-refractivity contribution in [3.8, 4) is 0 Å². The largest absolute Gasteiger partial charge is 0.312 e. The summed E-state index contributed by atoms with van der Waals surface area (Å²) in [7, 11) is 0. The van der Waals surface area contributed by atoms with Crippen LogP contribution < -0.4 is 5.32 Å². The maximum atomic E-state index is 3.69. The van der Waals surface area contributed by atoms with Gasteiger partial charge in [0.25, 0.3) is 0 Å². The molecule has 0 aromatic carbocycles. The quantitative estimate of drug-likeness (QED) is 0.573. The molecule has 3 fully saturated rings. The number of rotatable bonds is 0. The van der Waals surface area contributed by atoms with Crippen molar-refractivity contribution >= 4 is 0 Å². The molecule has 2 nitrogen and oxygen atoms in total. The highest BCUT2D eigenvalue weighted by molar-refractivity contribution is 5.00. The molecule has 0 amide bonds. The zero-order valence-corrected chi connectivity index (χ0v) is 7.63. The Morgan fingerprint density at radius 2 is 2.08 bits per heavy atom. The van der Waals surface area contributed by atoms with Gasteiger partial charge in [-0.15, -0.1) is 0 Å². The van der Waals surface area contributed by atoms with Gasteiger partial charge >= 0.3 is 0 Å². The Kier molecular flexibility index (Phi) is 1.66. The van der Waals surface area contributed by atoms with Crippen LogP contribution in [0.25, 0.3) is 0 Å². The number of hydrogen-bond donors (Lipinski definition) is 1. The molecule has 0 spiro atoms. The first-order chi connectivity index (χ1) is 5.95. The van der Waals surface area contributed by atoms with Crippen molar-refractivity contribution in [1.82, 2.24) is 10.2 Å². The van der Waals surface area contributed by atoms with Crippen LogP contribution in [0.5, 0.6) is 0 Å². The predicted octanol–water partition coefficient (Wildman–Crippen LogP) is 0.833. The molecule has 1 N–H and O–H groups in total. The second kappa shape index (κ2) is 2.71. The minimum atomic E-state index is 0.862. The topological polar surface area (TPSA) is 15.3 Å². The van der Waals surface area contributed by atoms with E-state index in [1.807, 2.05) is 0 Å². The minimum Gasteiger partial charge on any atom is -0.312 e. The summed E-state index contributed by atoms with van der Waals surface area (Å²) >= 11 is 0. The lowest BCUT2D eigenvalue weighted by molar-refractivity contribution is 0.131. The van der Waals surface area contributed by atoms with E-state index < -0.39 is 0 Å². The molecule has 0 aromatic heterocycles. The summed E-state index contributed by atoms with van der Waals surface area (Å²) in [5.74, 6) is 1.02. The van der Waals surface area contributed by atoms with Gasteiger partial charge in [-0.3, -0.25) is 4.90 Å². The van der Waals surface area contributed by atoms with E-state index in [0.717, 1.165) is 18.0 Å². The molecule has 3 heterocycles. The molecule has 3 atom stereocenters. The van der Waals surface area contributed by atoms with E-state index >= 15 is 0 Å². The van der Waals surface area contributed by atoms with Crippen LogP contribution in [0.15, 0.2) is 0 Å². The van der Waals surface area contributed by atoms with Gasteiger partial charge in [-0.1, -0.05) is 0 Å². The average Bonchev–Trinajstić information content (AvgIpc) is 2.71. The lowest BCUT2D eigenvalue weighted by Crippen LogP contribution is -2.51. The van der Waals surface area contributed by atoms with Crippen LogP contribution in [0.2, 0.25) is 0 Å². The van der Waals surface area contributed by atoms with Crippen molar-refractivity contribution in [2.45, 2.75) is 37.8 Å². The molecule has 0 saturated carbocycles. The third-order valence-corrected chi connectivity index (χ3v) is 4.02. The molecular formula is C10H18N2. The Bertz CT molecular complexity index is 161. The molecule has 0 aromatic rings. The predicted molar refractivity (Wildman–Crippen MR) is 49.1 cm³/mol. The molecule has 3 unspecified atom stereocenters. The first-order valence-electron chi connectivity index (χ1n) is 5.42. The van der Waals surface area contributed by atoms with E-state index in [2.05, 4.69) is 10.2 Å². The van der Waals surface area contributed by atoms with Gasteiger partial charge in [-0.2, -0.15) is 0 Å². The van der Waals surface area contributed by atoms with Gasteiger partial charge in [-0.05, 0) is 51.2 Å². The highest BCUT2D eigenvalue weighted by Crippen LogP contribution is 2.34. The third kappa shape index (κ3) is 0.944. The van der Waals surface area contributed by atoms with Crippen molar-refractivity contribution in [3.63, 3.8) is 0 Å². The van der Waals surface area contributed by atoms with Crippen LogP contribution in [0.4, 0.5) is 0 Å². The molecule has 0 bridgehead atoms. The van der Waals surface area contributed by atoms with E-state index in [0.29, 0.717) is 0 Å². The lowest BCUT2D eigenvalue weighted by atomic mass is 9.87. The summed E-state index contributed by atoms with van der Waals surface area (Å²) in [6.45, 7) is 4.03. The van der Waals surface area contributed by atoms with Gasteiger partial charge in [0, 0.05) is 12.1 Å². The van der Waals surface area contributed by atoms with Gasteiger partial charge < -0.3 is 5.32 Å². The molecule has 2 heteroatoms. The normalized spacial score (nSPS) is 47.5. The van der Waals surface area contributed by atoms with Gasteiger partial charge in [0.1, 0.15) is 0 Å². The Labute approximate surface area is 74.3 Å². The van der Waals surface area contributed by atoms with Crippen LogP contribution in [-0.4, -0.2) is 36.6 Å². The first kappa shape index (κ1) is 7.34. The number of nitrogens with zero attached hydrogens (tertiary/aromatic N) is 1. The number of nitrogens with one attached hydrogen (secondary N) is 1. The van der Waals surface area contributed by atoms with Gasteiger partial charge in [0.15, 0.2) is 0 Å². The fourth-order valence-corrected chi connectivity index (χ4v) is 3.42. The zero-order valence-electron chi connectivity index (χ0n) is 7.63. The van der Waals surface area contributed by atoms with Gasteiger partial charge in [-0.25, -0.2) is 0 Å². The van der Waals surface area contributed by atoms with Crippen molar-refractivity contribution in [3.05, 3.63) is 0 Å². The highest BCUT2D eigenvalue weighted by Gasteiger charge is 2.41. The monoisotopic (exact) mass is 166 g/mol. The second-order valence-electron chi connectivity index (χ2n) is 4.56. The molecule has 3 aliphatic rings. The van der Waals surface area contributed by atoms with E-state index in [9.17, 15) is 0 Å². The summed E-state index contributed by atoms with van der Waals surface area (Å²) in [6.07, 6.45) is 5.78. The maximum absolute atomic E-state index is 3.69. The fourth-order valence-electron chi connectivity index (χ4n) is 3.42. The smallest absolute Gasteiger partial charge is 0.0252 e. The Morgan fingerprint density at radius 3 is 3.08 bits per heavy atom. The molecule has 68 valence electrons. The zero-order chi connectivity index (χ0) is 7.97. The third-order valence-electron chi connectivity index (χ3n) is 4.02. The summed E-state index contributed by atoms with van der Waals surface area (Å²) < 4.78 is 0. The molecule has 0 radical (unpaired) electrons. The van der Waals surface area contributed by atoms with Gasteiger partial charge in [0.2, 0.25) is 0 Å². The Morgan fingerprint density at radius 1 is 1.08 bits per heavy atom. The Balaban J connectivity index is 1.81.